The molecule has 0 unspecified atom stereocenters. The zero-order valence-electron chi connectivity index (χ0n) is 10.7. The molecule has 104 valence electrons. The van der Waals surface area contributed by atoms with Gasteiger partial charge in [0.1, 0.15) is 5.75 Å². The van der Waals surface area contributed by atoms with Crippen LogP contribution < -0.4 is 10.1 Å². The SMILES string of the molecule is CSc1nnc(NC(=O)c2ccccc2OC(C)=O)s1. The van der Waals surface area contributed by atoms with Gasteiger partial charge in [0.05, 0.1) is 5.56 Å². The third-order valence-electron chi connectivity index (χ3n) is 2.19. The van der Waals surface area contributed by atoms with E-state index < -0.39 is 11.9 Å². The number of nitrogens with zero attached hydrogens (tertiary/aromatic N) is 2. The monoisotopic (exact) mass is 309 g/mol. The zero-order chi connectivity index (χ0) is 14.5. The molecule has 0 saturated carbocycles. The van der Waals surface area contributed by atoms with Gasteiger partial charge in [-0.05, 0) is 18.4 Å². The molecule has 0 radical (unpaired) electrons. The normalized spacial score (nSPS) is 10.1. The number of aromatic nitrogens is 2. The fraction of sp³-hybridized carbons (Fsp3) is 0.167. The maximum Gasteiger partial charge on any atom is 0.308 e. The van der Waals surface area contributed by atoms with Crippen molar-refractivity contribution < 1.29 is 14.3 Å². The summed E-state index contributed by atoms with van der Waals surface area (Å²) in [5.74, 6) is -0.663. The molecule has 1 aromatic carbocycles. The van der Waals surface area contributed by atoms with Crippen LogP contribution in [-0.2, 0) is 4.79 Å². The molecule has 0 aliphatic carbocycles. The van der Waals surface area contributed by atoms with Crippen molar-refractivity contribution in [3.8, 4) is 5.75 Å². The second kappa shape index (κ2) is 6.49. The Morgan fingerprint density at radius 3 is 2.70 bits per heavy atom. The van der Waals surface area contributed by atoms with Crippen LogP contribution in [0.2, 0.25) is 0 Å². The fourth-order valence-electron chi connectivity index (χ4n) is 1.41. The first-order chi connectivity index (χ1) is 9.60. The minimum atomic E-state index is -0.481. The molecule has 0 aliphatic heterocycles. The van der Waals surface area contributed by atoms with Gasteiger partial charge in [-0.3, -0.25) is 14.9 Å². The Hall–Kier alpha value is -1.93. The molecule has 6 nitrogen and oxygen atoms in total. The molecule has 8 heteroatoms. The highest BCUT2D eigenvalue weighted by molar-refractivity contribution is 8.00. The lowest BCUT2D eigenvalue weighted by Gasteiger charge is -2.07. The van der Waals surface area contributed by atoms with E-state index >= 15 is 0 Å². The van der Waals surface area contributed by atoms with Gasteiger partial charge in [0.15, 0.2) is 4.34 Å². The van der Waals surface area contributed by atoms with Gasteiger partial charge < -0.3 is 4.74 Å². The number of ether oxygens (including phenoxy) is 1. The van der Waals surface area contributed by atoms with Gasteiger partial charge in [-0.25, -0.2) is 0 Å². The van der Waals surface area contributed by atoms with Crippen molar-refractivity contribution in [3.05, 3.63) is 29.8 Å². The molecular formula is C12H11N3O3S2. The van der Waals surface area contributed by atoms with Crippen molar-refractivity contribution in [2.24, 2.45) is 0 Å². The number of carbonyl (C=O) groups excluding carboxylic acids is 2. The summed E-state index contributed by atoms with van der Waals surface area (Å²) in [6.45, 7) is 1.28. The number of hydrogen-bond donors (Lipinski definition) is 1. The molecule has 1 amide bonds. The Balaban J connectivity index is 2.18. The highest BCUT2D eigenvalue weighted by atomic mass is 32.2. The predicted molar refractivity (Wildman–Crippen MR) is 77.4 cm³/mol. The zero-order valence-corrected chi connectivity index (χ0v) is 12.4. The Morgan fingerprint density at radius 1 is 1.30 bits per heavy atom. The van der Waals surface area contributed by atoms with Crippen LogP contribution in [0.15, 0.2) is 28.6 Å². The van der Waals surface area contributed by atoms with Crippen LogP contribution in [0.1, 0.15) is 17.3 Å². The minimum Gasteiger partial charge on any atom is -0.426 e. The van der Waals surface area contributed by atoms with Crippen LogP contribution in [0.4, 0.5) is 5.13 Å². The standard InChI is InChI=1S/C12H11N3O3S2/c1-7(16)18-9-6-4-3-5-8(9)10(17)13-11-14-15-12(19-2)20-11/h3-6H,1-2H3,(H,13,14,17). The molecule has 2 rings (SSSR count). The molecule has 0 fully saturated rings. The molecule has 1 aromatic heterocycles. The van der Waals surface area contributed by atoms with Gasteiger partial charge in [-0.2, -0.15) is 0 Å². The number of anilines is 1. The predicted octanol–water partition coefficient (Wildman–Crippen LogP) is 2.44. The van der Waals surface area contributed by atoms with Crippen molar-refractivity contribution in [1.29, 1.82) is 0 Å². The number of esters is 1. The van der Waals surface area contributed by atoms with Crippen LogP contribution >= 0.6 is 23.1 Å². The van der Waals surface area contributed by atoms with Crippen molar-refractivity contribution in [3.63, 3.8) is 0 Å². The van der Waals surface area contributed by atoms with Gasteiger partial charge in [0, 0.05) is 6.92 Å². The summed E-state index contributed by atoms with van der Waals surface area (Å²) in [6, 6.07) is 6.51. The van der Waals surface area contributed by atoms with Gasteiger partial charge >= 0.3 is 5.97 Å². The van der Waals surface area contributed by atoms with E-state index in [1.54, 1.807) is 24.3 Å². The topological polar surface area (TPSA) is 81.2 Å². The van der Waals surface area contributed by atoms with Crippen LogP contribution in [0, 0.1) is 0 Å². The summed E-state index contributed by atoms with van der Waals surface area (Å²) < 4.78 is 5.75. The lowest BCUT2D eigenvalue weighted by Crippen LogP contribution is -2.14. The summed E-state index contributed by atoms with van der Waals surface area (Å²) in [4.78, 5) is 23.2. The van der Waals surface area contributed by atoms with Crippen molar-refractivity contribution in [1.82, 2.24) is 10.2 Å². The molecule has 2 aromatic rings. The number of amides is 1. The summed E-state index contributed by atoms with van der Waals surface area (Å²) in [5.41, 5.74) is 0.267. The summed E-state index contributed by atoms with van der Waals surface area (Å²) in [7, 11) is 0. The van der Waals surface area contributed by atoms with Crippen LogP contribution in [0.25, 0.3) is 0 Å². The van der Waals surface area contributed by atoms with Crippen LogP contribution in [0.5, 0.6) is 5.75 Å². The maximum atomic E-state index is 12.1. The van der Waals surface area contributed by atoms with Gasteiger partial charge in [0.2, 0.25) is 5.13 Å². The summed E-state index contributed by atoms with van der Waals surface area (Å²) in [5, 5.41) is 10.8. The number of carbonyl (C=O) groups is 2. The van der Waals surface area contributed by atoms with Crippen molar-refractivity contribution >= 4 is 40.1 Å². The number of benzene rings is 1. The van der Waals surface area contributed by atoms with E-state index in [0.29, 0.717) is 5.13 Å². The first-order valence-electron chi connectivity index (χ1n) is 5.56. The number of thioether (sulfide) groups is 1. The third-order valence-corrected chi connectivity index (χ3v) is 4.00. The summed E-state index contributed by atoms with van der Waals surface area (Å²) in [6.07, 6.45) is 1.88. The Bertz CT molecular complexity index is 642. The van der Waals surface area contributed by atoms with Crippen LogP contribution in [0.3, 0.4) is 0 Å². The molecule has 0 bridgehead atoms. The van der Waals surface area contributed by atoms with E-state index in [-0.39, 0.29) is 11.3 Å². The van der Waals surface area contributed by atoms with Gasteiger partial charge in [0.25, 0.3) is 5.91 Å². The van der Waals surface area contributed by atoms with Crippen molar-refractivity contribution in [2.45, 2.75) is 11.3 Å². The molecule has 1 heterocycles. The molecule has 20 heavy (non-hydrogen) atoms. The number of para-hydroxylation sites is 1. The summed E-state index contributed by atoms with van der Waals surface area (Å²) >= 11 is 2.73. The average molecular weight is 309 g/mol. The second-order valence-electron chi connectivity index (χ2n) is 3.62. The molecule has 0 atom stereocenters. The number of nitrogens with one attached hydrogen (secondary N) is 1. The molecule has 0 spiro atoms. The molecule has 0 aliphatic rings. The highest BCUT2D eigenvalue weighted by Crippen LogP contribution is 2.25. The fourth-order valence-corrected chi connectivity index (χ4v) is 2.57. The van der Waals surface area contributed by atoms with Gasteiger partial charge in [-0.1, -0.05) is 35.2 Å². The first kappa shape index (κ1) is 14.5. The average Bonchev–Trinajstić information content (AvgIpc) is 2.86. The largest absolute Gasteiger partial charge is 0.426 e. The van der Waals surface area contributed by atoms with E-state index in [9.17, 15) is 9.59 Å². The maximum absolute atomic E-state index is 12.1. The molecule has 1 N–H and O–H groups in total. The van der Waals surface area contributed by atoms with E-state index in [0.717, 1.165) is 4.34 Å². The number of rotatable bonds is 4. The lowest BCUT2D eigenvalue weighted by atomic mass is 10.2. The highest BCUT2D eigenvalue weighted by Gasteiger charge is 2.15. The van der Waals surface area contributed by atoms with Crippen LogP contribution in [-0.4, -0.2) is 28.3 Å². The molecular weight excluding hydrogens is 298 g/mol. The second-order valence-corrected chi connectivity index (χ2v) is 5.65. The van der Waals surface area contributed by atoms with E-state index in [1.807, 2.05) is 6.26 Å². The quantitative estimate of drug-likeness (QED) is 0.404. The van der Waals surface area contributed by atoms with Crippen molar-refractivity contribution in [2.75, 3.05) is 11.6 Å². The molecule has 0 saturated heterocycles. The smallest absolute Gasteiger partial charge is 0.308 e. The number of hydrogen-bond acceptors (Lipinski definition) is 7. The van der Waals surface area contributed by atoms with E-state index in [2.05, 4.69) is 15.5 Å². The van der Waals surface area contributed by atoms with E-state index in [1.165, 1.54) is 30.0 Å². The Morgan fingerprint density at radius 2 is 2.05 bits per heavy atom. The first-order valence-corrected chi connectivity index (χ1v) is 7.60. The Labute approximate surface area is 123 Å². The minimum absolute atomic E-state index is 0.215. The van der Waals surface area contributed by atoms with Gasteiger partial charge in [-0.15, -0.1) is 10.2 Å². The van der Waals surface area contributed by atoms with E-state index in [4.69, 9.17) is 4.74 Å². The third kappa shape index (κ3) is 3.55. The lowest BCUT2D eigenvalue weighted by molar-refractivity contribution is -0.131. The Kier molecular flexibility index (Phi) is 4.70.